The Morgan fingerprint density at radius 3 is 3.00 bits per heavy atom. The molecule has 24 heavy (non-hydrogen) atoms. The monoisotopic (exact) mass is 340 g/mol. The van der Waals surface area contributed by atoms with Gasteiger partial charge in [0, 0.05) is 22.6 Å². The topological polar surface area (TPSA) is 46.3 Å². The zero-order chi connectivity index (χ0) is 16.7. The summed E-state index contributed by atoms with van der Waals surface area (Å²) < 4.78 is 5.54. The highest BCUT2D eigenvalue weighted by Crippen LogP contribution is 2.34. The summed E-state index contributed by atoms with van der Waals surface area (Å²) >= 11 is 6.07. The predicted octanol–water partition coefficient (Wildman–Crippen LogP) is 4.77. The number of rotatable bonds is 2. The summed E-state index contributed by atoms with van der Waals surface area (Å²) in [6, 6.07) is 11.1. The molecule has 1 saturated heterocycles. The molecule has 1 aromatic carbocycles. The number of amides is 1. The molecule has 1 atom stereocenters. The smallest absolute Gasteiger partial charge is 0.255 e. The van der Waals surface area contributed by atoms with Gasteiger partial charge >= 0.3 is 0 Å². The quantitative estimate of drug-likeness (QED) is 0.675. The van der Waals surface area contributed by atoms with Crippen molar-refractivity contribution < 1.29 is 9.21 Å². The summed E-state index contributed by atoms with van der Waals surface area (Å²) in [4.78, 5) is 19.6. The normalized spacial score (nSPS) is 17.6. The number of fused-ring (bicyclic) bond motifs is 1. The third-order valence-electron chi connectivity index (χ3n) is 4.52. The Morgan fingerprint density at radius 1 is 1.33 bits per heavy atom. The van der Waals surface area contributed by atoms with Gasteiger partial charge in [-0.1, -0.05) is 17.7 Å². The van der Waals surface area contributed by atoms with Crippen molar-refractivity contribution >= 4 is 28.4 Å². The minimum Gasteiger partial charge on any atom is -0.467 e. The summed E-state index contributed by atoms with van der Waals surface area (Å²) in [5.41, 5.74) is 2.23. The summed E-state index contributed by atoms with van der Waals surface area (Å²) in [6.07, 6.45) is 3.56. The number of halogens is 1. The number of aromatic nitrogens is 1. The minimum absolute atomic E-state index is 0.00308. The first-order valence-electron chi connectivity index (χ1n) is 8.05. The standard InChI is InChI=1S/C19H17ClN2O2/c1-12-10-15(14-7-6-13(20)11-16(14)21-12)19(23)22-8-2-4-17(22)18-5-3-9-24-18/h3,5-7,9-11,17H,2,4,8H2,1H3/t17-/m0/s1. The van der Waals surface area contributed by atoms with Crippen molar-refractivity contribution in [3.05, 3.63) is 64.7 Å². The van der Waals surface area contributed by atoms with Crippen molar-refractivity contribution in [2.45, 2.75) is 25.8 Å². The van der Waals surface area contributed by atoms with Crippen LogP contribution < -0.4 is 0 Å². The Bertz CT molecular complexity index is 900. The molecule has 1 amide bonds. The van der Waals surface area contributed by atoms with Crippen LogP contribution in [0.3, 0.4) is 0 Å². The highest BCUT2D eigenvalue weighted by atomic mass is 35.5. The molecule has 0 aliphatic carbocycles. The Kier molecular flexibility index (Phi) is 3.77. The molecule has 0 bridgehead atoms. The highest BCUT2D eigenvalue weighted by Gasteiger charge is 2.33. The molecular weight excluding hydrogens is 324 g/mol. The number of carbonyl (C=O) groups is 1. The lowest BCUT2D eigenvalue weighted by atomic mass is 10.1. The molecule has 0 saturated carbocycles. The van der Waals surface area contributed by atoms with E-state index in [0.29, 0.717) is 10.6 Å². The second kappa shape index (κ2) is 5.95. The van der Waals surface area contributed by atoms with Gasteiger partial charge in [0.05, 0.1) is 23.4 Å². The van der Waals surface area contributed by atoms with E-state index >= 15 is 0 Å². The number of carbonyl (C=O) groups excluding carboxylic acids is 1. The second-order valence-corrected chi connectivity index (χ2v) is 6.58. The van der Waals surface area contributed by atoms with E-state index in [0.717, 1.165) is 41.7 Å². The van der Waals surface area contributed by atoms with E-state index in [9.17, 15) is 4.79 Å². The van der Waals surface area contributed by atoms with Gasteiger partial charge in [0.15, 0.2) is 0 Å². The molecule has 122 valence electrons. The molecule has 0 N–H and O–H groups in total. The third kappa shape index (κ3) is 2.57. The molecule has 5 heteroatoms. The lowest BCUT2D eigenvalue weighted by Gasteiger charge is -2.24. The van der Waals surface area contributed by atoms with Crippen molar-refractivity contribution in [3.8, 4) is 0 Å². The average Bonchev–Trinajstić information content (AvgIpc) is 3.23. The van der Waals surface area contributed by atoms with E-state index in [-0.39, 0.29) is 11.9 Å². The van der Waals surface area contributed by atoms with Crippen molar-refractivity contribution in [2.75, 3.05) is 6.54 Å². The van der Waals surface area contributed by atoms with Crippen molar-refractivity contribution in [1.82, 2.24) is 9.88 Å². The van der Waals surface area contributed by atoms with Crippen LogP contribution in [0.1, 0.15) is 40.7 Å². The van der Waals surface area contributed by atoms with Crippen molar-refractivity contribution in [3.63, 3.8) is 0 Å². The minimum atomic E-state index is 0.00308. The van der Waals surface area contributed by atoms with E-state index in [1.807, 2.05) is 36.1 Å². The molecule has 0 radical (unpaired) electrons. The second-order valence-electron chi connectivity index (χ2n) is 6.14. The fourth-order valence-electron chi connectivity index (χ4n) is 3.45. The van der Waals surface area contributed by atoms with E-state index in [2.05, 4.69) is 4.98 Å². The maximum Gasteiger partial charge on any atom is 0.255 e. The molecule has 3 heterocycles. The van der Waals surface area contributed by atoms with Gasteiger partial charge in [-0.3, -0.25) is 9.78 Å². The number of benzene rings is 1. The zero-order valence-corrected chi connectivity index (χ0v) is 14.1. The maximum absolute atomic E-state index is 13.2. The SMILES string of the molecule is Cc1cc(C(=O)N2CCC[C@H]2c2ccco2)c2ccc(Cl)cc2n1. The van der Waals surface area contributed by atoms with Gasteiger partial charge in [-0.15, -0.1) is 0 Å². The molecule has 4 nitrogen and oxygen atoms in total. The van der Waals surface area contributed by atoms with Crippen LogP contribution in [0.15, 0.2) is 47.1 Å². The van der Waals surface area contributed by atoms with Crippen molar-refractivity contribution in [2.24, 2.45) is 0 Å². The number of hydrogen-bond acceptors (Lipinski definition) is 3. The Hall–Kier alpha value is -2.33. The highest BCUT2D eigenvalue weighted by molar-refractivity contribution is 6.31. The molecular formula is C19H17ClN2O2. The van der Waals surface area contributed by atoms with Gasteiger partial charge in [0.1, 0.15) is 5.76 Å². The predicted molar refractivity (Wildman–Crippen MR) is 93.2 cm³/mol. The summed E-state index contributed by atoms with van der Waals surface area (Å²) in [7, 11) is 0. The lowest BCUT2D eigenvalue weighted by molar-refractivity contribution is 0.0722. The number of nitrogens with zero attached hydrogens (tertiary/aromatic N) is 2. The number of furan rings is 1. The van der Waals surface area contributed by atoms with Crippen LogP contribution in [0.5, 0.6) is 0 Å². The Labute approximate surface area is 145 Å². The van der Waals surface area contributed by atoms with Crippen LogP contribution in [0, 0.1) is 6.92 Å². The lowest BCUT2D eigenvalue weighted by Crippen LogP contribution is -2.30. The first kappa shape index (κ1) is 15.2. The van der Waals surface area contributed by atoms with Gasteiger partial charge in [-0.05, 0) is 50.1 Å². The number of likely N-dealkylation sites (tertiary alicyclic amines) is 1. The molecule has 0 spiro atoms. The van der Waals surface area contributed by atoms with Crippen LogP contribution >= 0.6 is 11.6 Å². The van der Waals surface area contributed by atoms with Gasteiger partial charge in [-0.25, -0.2) is 0 Å². The van der Waals surface area contributed by atoms with Crippen LogP contribution in [-0.4, -0.2) is 22.3 Å². The molecule has 0 unspecified atom stereocenters. The molecule has 1 aliphatic heterocycles. The maximum atomic E-state index is 13.2. The summed E-state index contributed by atoms with van der Waals surface area (Å²) in [6.45, 7) is 2.63. The molecule has 3 aromatic rings. The molecule has 1 fully saturated rings. The average molecular weight is 341 g/mol. The Morgan fingerprint density at radius 2 is 2.21 bits per heavy atom. The summed E-state index contributed by atoms with van der Waals surface area (Å²) in [5, 5.41) is 1.45. The van der Waals surface area contributed by atoms with Gasteiger partial charge in [-0.2, -0.15) is 0 Å². The van der Waals surface area contributed by atoms with Crippen LogP contribution in [0.25, 0.3) is 10.9 Å². The third-order valence-corrected chi connectivity index (χ3v) is 4.75. The largest absolute Gasteiger partial charge is 0.467 e. The fraction of sp³-hybridized carbons (Fsp3) is 0.263. The van der Waals surface area contributed by atoms with E-state index in [4.69, 9.17) is 16.0 Å². The molecule has 2 aromatic heterocycles. The fourth-order valence-corrected chi connectivity index (χ4v) is 3.62. The number of hydrogen-bond donors (Lipinski definition) is 0. The molecule has 4 rings (SSSR count). The van der Waals surface area contributed by atoms with Gasteiger partial charge in [0.2, 0.25) is 0 Å². The first-order chi connectivity index (χ1) is 11.6. The van der Waals surface area contributed by atoms with Crippen LogP contribution in [0.2, 0.25) is 5.02 Å². The van der Waals surface area contributed by atoms with E-state index < -0.39 is 0 Å². The number of pyridine rings is 1. The zero-order valence-electron chi connectivity index (χ0n) is 13.3. The number of aryl methyl sites for hydroxylation is 1. The Balaban J connectivity index is 1.78. The van der Waals surface area contributed by atoms with E-state index in [1.165, 1.54) is 0 Å². The van der Waals surface area contributed by atoms with Crippen LogP contribution in [-0.2, 0) is 0 Å². The summed E-state index contributed by atoms with van der Waals surface area (Å²) in [5.74, 6) is 0.866. The van der Waals surface area contributed by atoms with Crippen molar-refractivity contribution in [1.29, 1.82) is 0 Å². The molecule has 1 aliphatic rings. The van der Waals surface area contributed by atoms with E-state index in [1.54, 1.807) is 18.4 Å². The van der Waals surface area contributed by atoms with Crippen LogP contribution in [0.4, 0.5) is 0 Å². The van der Waals surface area contributed by atoms with Gasteiger partial charge in [0.25, 0.3) is 5.91 Å². The van der Waals surface area contributed by atoms with Gasteiger partial charge < -0.3 is 9.32 Å². The first-order valence-corrected chi connectivity index (χ1v) is 8.42.